The Morgan fingerprint density at radius 1 is 1.21 bits per heavy atom. The quantitative estimate of drug-likeness (QED) is 0.787. The number of likely N-dealkylation sites (tertiary alicyclic amines) is 2. The van der Waals surface area contributed by atoms with E-state index in [0.717, 1.165) is 25.1 Å². The van der Waals surface area contributed by atoms with Crippen LogP contribution in [0.25, 0.3) is 0 Å². The first-order valence-electron chi connectivity index (χ1n) is 10.1. The van der Waals surface area contributed by atoms with Crippen LogP contribution < -0.4 is 11.1 Å². The summed E-state index contributed by atoms with van der Waals surface area (Å²) in [6.45, 7) is 7.47. The molecule has 2 fully saturated rings. The molecule has 2 aliphatic rings. The summed E-state index contributed by atoms with van der Waals surface area (Å²) in [6, 6.07) is 8.48. The van der Waals surface area contributed by atoms with Gasteiger partial charge in [-0.2, -0.15) is 5.26 Å². The summed E-state index contributed by atoms with van der Waals surface area (Å²) in [4.78, 5) is 28.0. The van der Waals surface area contributed by atoms with Crippen LogP contribution in [0.5, 0.6) is 0 Å². The number of amides is 3. The fourth-order valence-electron chi connectivity index (χ4n) is 4.42. The van der Waals surface area contributed by atoms with Crippen LogP contribution in [0.2, 0.25) is 0 Å². The Morgan fingerprint density at radius 3 is 2.34 bits per heavy atom. The number of nitrogens with one attached hydrogen (secondary N) is 1. The molecule has 3 unspecified atom stereocenters. The summed E-state index contributed by atoms with van der Waals surface area (Å²) in [5, 5.41) is 11.8. The van der Waals surface area contributed by atoms with Gasteiger partial charge in [0, 0.05) is 32.7 Å². The summed E-state index contributed by atoms with van der Waals surface area (Å²) >= 11 is 0. The monoisotopic (exact) mass is 399 g/mol. The predicted octanol–water partition coefficient (Wildman–Crippen LogP) is 2.07. The second-order valence-electron chi connectivity index (χ2n) is 8.32. The Morgan fingerprint density at radius 2 is 1.83 bits per heavy atom. The Labute approximate surface area is 171 Å². The van der Waals surface area contributed by atoms with Gasteiger partial charge < -0.3 is 25.6 Å². The van der Waals surface area contributed by atoms with Crippen LogP contribution >= 0.6 is 0 Å². The number of fused-ring (bicyclic) bond motifs is 2. The number of carbonyl (C=O) groups excluding carboxylic acids is 2. The molecule has 8 heteroatoms. The van der Waals surface area contributed by atoms with Gasteiger partial charge in [0.25, 0.3) is 0 Å². The Kier molecular flexibility index (Phi) is 6.60. The molecule has 29 heavy (non-hydrogen) atoms. The lowest BCUT2D eigenvalue weighted by molar-refractivity contribution is 0.0119. The van der Waals surface area contributed by atoms with Crippen molar-refractivity contribution in [3.63, 3.8) is 0 Å². The lowest BCUT2D eigenvalue weighted by Crippen LogP contribution is -2.55. The highest BCUT2D eigenvalue weighted by Crippen LogP contribution is 2.30. The average molecular weight is 399 g/mol. The largest absolute Gasteiger partial charge is 0.447 e. The zero-order valence-electron chi connectivity index (χ0n) is 17.0. The van der Waals surface area contributed by atoms with Crippen LogP contribution in [0.1, 0.15) is 37.4 Å². The van der Waals surface area contributed by atoms with Crippen LogP contribution in [0.15, 0.2) is 24.3 Å². The fraction of sp³-hybridized carbons (Fsp3) is 0.571. The molecular formula is C21H29N5O3. The summed E-state index contributed by atoms with van der Waals surface area (Å²) < 4.78 is 5.36. The number of rotatable bonds is 5. The van der Waals surface area contributed by atoms with Gasteiger partial charge in [0.15, 0.2) is 0 Å². The first kappa shape index (κ1) is 20.9. The highest BCUT2D eigenvalue weighted by Gasteiger charge is 2.37. The second kappa shape index (κ2) is 9.14. The lowest BCUT2D eigenvalue weighted by atomic mass is 9.84. The summed E-state index contributed by atoms with van der Waals surface area (Å²) in [7, 11) is 0. The smallest absolute Gasteiger partial charge is 0.410 e. The standard InChI is InChI=1S/C21H29N5O3/c1-14(2)29-21(28)26-11-16-7-17(12-26)10-25(9-16)13-19(24-20(23)27)18-5-3-15(8-22)4-6-18/h3-6,14,16-17,19H,7,9-13H2,1-2H3,(H3,23,24,27). The van der Waals surface area contributed by atoms with E-state index in [1.807, 2.05) is 30.9 Å². The van der Waals surface area contributed by atoms with Crippen molar-refractivity contribution >= 4 is 12.1 Å². The summed E-state index contributed by atoms with van der Waals surface area (Å²) in [5.41, 5.74) is 6.89. The van der Waals surface area contributed by atoms with E-state index in [4.69, 9.17) is 15.7 Å². The first-order valence-corrected chi connectivity index (χ1v) is 10.1. The van der Waals surface area contributed by atoms with Gasteiger partial charge in [-0.1, -0.05) is 12.1 Å². The predicted molar refractivity (Wildman–Crippen MR) is 108 cm³/mol. The van der Waals surface area contributed by atoms with Crippen LogP contribution in [-0.2, 0) is 4.74 Å². The Balaban J connectivity index is 1.64. The first-order chi connectivity index (χ1) is 13.8. The number of benzene rings is 1. The van der Waals surface area contributed by atoms with Gasteiger partial charge in [-0.25, -0.2) is 9.59 Å². The number of carbonyl (C=O) groups is 2. The normalized spacial score (nSPS) is 22.6. The van der Waals surface area contributed by atoms with Crippen molar-refractivity contribution in [3.8, 4) is 6.07 Å². The van der Waals surface area contributed by atoms with Crippen LogP contribution in [-0.4, -0.2) is 60.8 Å². The van der Waals surface area contributed by atoms with Crippen molar-refractivity contribution in [1.82, 2.24) is 15.1 Å². The Hall–Kier alpha value is -2.79. The molecule has 0 aromatic heterocycles. The molecule has 3 amide bonds. The SMILES string of the molecule is CC(C)OC(=O)N1CC2CC(CN(CC(NC(N)=O)c3ccc(C#N)cc3)C2)C1. The number of nitrogens with two attached hydrogens (primary N) is 1. The molecule has 2 saturated heterocycles. The number of ether oxygens (including phenoxy) is 1. The molecule has 2 aliphatic heterocycles. The molecule has 2 heterocycles. The highest BCUT2D eigenvalue weighted by molar-refractivity contribution is 5.72. The van der Waals surface area contributed by atoms with Gasteiger partial charge in [-0.15, -0.1) is 0 Å². The van der Waals surface area contributed by atoms with Gasteiger partial charge in [-0.05, 0) is 49.8 Å². The number of hydrogen-bond acceptors (Lipinski definition) is 5. The number of nitriles is 1. The number of piperidine rings is 2. The van der Waals surface area contributed by atoms with E-state index in [1.54, 1.807) is 12.1 Å². The third-order valence-corrected chi connectivity index (χ3v) is 5.45. The second-order valence-corrected chi connectivity index (χ2v) is 8.32. The lowest BCUT2D eigenvalue weighted by Gasteiger charge is -2.46. The van der Waals surface area contributed by atoms with Gasteiger partial charge in [-0.3, -0.25) is 0 Å². The van der Waals surface area contributed by atoms with Crippen molar-refractivity contribution in [2.75, 3.05) is 32.7 Å². The maximum Gasteiger partial charge on any atom is 0.410 e. The number of nitrogens with zero attached hydrogens (tertiary/aromatic N) is 3. The molecule has 1 aromatic carbocycles. The van der Waals surface area contributed by atoms with E-state index in [-0.39, 0.29) is 18.2 Å². The van der Waals surface area contributed by atoms with Crippen molar-refractivity contribution in [3.05, 3.63) is 35.4 Å². The summed E-state index contributed by atoms with van der Waals surface area (Å²) in [6.07, 6.45) is 0.759. The Bertz CT molecular complexity index is 760. The van der Waals surface area contributed by atoms with Gasteiger partial charge in [0.05, 0.1) is 23.8 Å². The summed E-state index contributed by atoms with van der Waals surface area (Å²) in [5.74, 6) is 0.773. The van der Waals surface area contributed by atoms with Crippen LogP contribution in [0.4, 0.5) is 9.59 Å². The molecule has 2 bridgehead atoms. The van der Waals surface area contributed by atoms with E-state index in [9.17, 15) is 9.59 Å². The zero-order valence-corrected chi connectivity index (χ0v) is 17.0. The van der Waals surface area contributed by atoms with E-state index in [0.29, 0.717) is 37.0 Å². The molecule has 3 N–H and O–H groups in total. The van der Waals surface area contributed by atoms with E-state index >= 15 is 0 Å². The fourth-order valence-corrected chi connectivity index (χ4v) is 4.42. The molecule has 0 aliphatic carbocycles. The highest BCUT2D eigenvalue weighted by atomic mass is 16.6. The van der Waals surface area contributed by atoms with Gasteiger partial charge in [0.1, 0.15) is 0 Å². The van der Waals surface area contributed by atoms with E-state index < -0.39 is 6.03 Å². The van der Waals surface area contributed by atoms with Gasteiger partial charge in [0.2, 0.25) is 0 Å². The van der Waals surface area contributed by atoms with Crippen molar-refractivity contribution in [2.24, 2.45) is 17.6 Å². The molecule has 8 nitrogen and oxygen atoms in total. The van der Waals surface area contributed by atoms with Crippen molar-refractivity contribution in [1.29, 1.82) is 5.26 Å². The molecule has 3 rings (SSSR count). The number of hydrogen-bond donors (Lipinski definition) is 2. The molecule has 0 spiro atoms. The third kappa shape index (κ3) is 5.61. The maximum atomic E-state index is 12.3. The maximum absolute atomic E-state index is 12.3. The number of urea groups is 1. The number of primary amides is 1. The third-order valence-electron chi connectivity index (χ3n) is 5.45. The molecular weight excluding hydrogens is 370 g/mol. The van der Waals surface area contributed by atoms with E-state index in [2.05, 4.69) is 16.3 Å². The minimum absolute atomic E-state index is 0.117. The molecule has 0 radical (unpaired) electrons. The average Bonchev–Trinajstić information content (AvgIpc) is 2.66. The molecule has 156 valence electrons. The van der Waals surface area contributed by atoms with Crippen molar-refractivity contribution < 1.29 is 14.3 Å². The van der Waals surface area contributed by atoms with Crippen molar-refractivity contribution in [2.45, 2.75) is 32.4 Å². The topological polar surface area (TPSA) is 112 Å². The molecule has 0 saturated carbocycles. The minimum Gasteiger partial charge on any atom is -0.447 e. The zero-order chi connectivity index (χ0) is 21.0. The minimum atomic E-state index is -0.570. The molecule has 1 aromatic rings. The van der Waals surface area contributed by atoms with Crippen LogP contribution in [0.3, 0.4) is 0 Å². The van der Waals surface area contributed by atoms with E-state index in [1.165, 1.54) is 0 Å². The van der Waals surface area contributed by atoms with Gasteiger partial charge >= 0.3 is 12.1 Å². The van der Waals surface area contributed by atoms with Crippen LogP contribution in [0, 0.1) is 23.2 Å². The molecule has 3 atom stereocenters.